The molecule has 1 aliphatic carbocycles. The second kappa shape index (κ2) is 5.41. The third kappa shape index (κ3) is 2.17. The lowest BCUT2D eigenvalue weighted by atomic mass is 9.89. The Morgan fingerprint density at radius 1 is 1.38 bits per heavy atom. The summed E-state index contributed by atoms with van der Waals surface area (Å²) in [4.78, 5) is 22.4. The first-order valence-electron chi connectivity index (χ1n) is 7.42. The molecule has 3 rings (SSSR count). The number of carbonyl (C=O) groups excluding carboxylic acids is 1. The van der Waals surface area contributed by atoms with Crippen LogP contribution in [0.4, 0.5) is 5.95 Å². The van der Waals surface area contributed by atoms with E-state index in [1.54, 1.807) is 18.5 Å². The number of aromatic nitrogens is 2. The van der Waals surface area contributed by atoms with Crippen LogP contribution in [-0.2, 0) is 4.79 Å². The molecule has 0 radical (unpaired) electrons. The van der Waals surface area contributed by atoms with Crippen molar-refractivity contribution in [1.29, 1.82) is 0 Å². The molecule has 0 fully saturated rings. The smallest absolute Gasteiger partial charge is 0.263 e. The van der Waals surface area contributed by atoms with Gasteiger partial charge >= 0.3 is 0 Å². The van der Waals surface area contributed by atoms with Gasteiger partial charge in [0.05, 0.1) is 0 Å². The van der Waals surface area contributed by atoms with E-state index in [2.05, 4.69) is 16.9 Å². The lowest BCUT2D eigenvalue weighted by Gasteiger charge is -2.34. The predicted molar refractivity (Wildman–Crippen MR) is 79.4 cm³/mol. The number of aliphatic hydroxyl groups is 1. The van der Waals surface area contributed by atoms with Gasteiger partial charge < -0.3 is 5.11 Å². The lowest BCUT2D eigenvalue weighted by molar-refractivity contribution is -0.116. The Labute approximate surface area is 124 Å². The number of rotatable bonds is 4. The third-order valence-corrected chi connectivity index (χ3v) is 4.09. The summed E-state index contributed by atoms with van der Waals surface area (Å²) in [6.45, 7) is 2.07. The van der Waals surface area contributed by atoms with Crippen LogP contribution >= 0.6 is 0 Å². The number of hydrogen-bond donors (Lipinski definition) is 1. The van der Waals surface area contributed by atoms with Crippen molar-refractivity contribution in [3.05, 3.63) is 41.8 Å². The van der Waals surface area contributed by atoms with Gasteiger partial charge in [0.1, 0.15) is 0 Å². The highest BCUT2D eigenvalue weighted by Gasteiger charge is 2.51. The summed E-state index contributed by atoms with van der Waals surface area (Å²) < 4.78 is 0. The summed E-state index contributed by atoms with van der Waals surface area (Å²) in [6, 6.07) is 1.70. The van der Waals surface area contributed by atoms with Gasteiger partial charge in [-0.3, -0.25) is 4.79 Å². The van der Waals surface area contributed by atoms with Crippen LogP contribution in [0.2, 0.25) is 0 Å². The van der Waals surface area contributed by atoms with Crippen molar-refractivity contribution < 1.29 is 9.90 Å². The molecule has 5 heteroatoms. The fraction of sp³-hybridized carbons (Fsp3) is 0.438. The maximum Gasteiger partial charge on any atom is 0.263 e. The Hall–Kier alpha value is -2.01. The molecule has 1 aromatic heterocycles. The second-order valence-electron chi connectivity index (χ2n) is 5.44. The van der Waals surface area contributed by atoms with Crippen LogP contribution in [0.1, 0.15) is 39.0 Å². The summed E-state index contributed by atoms with van der Waals surface area (Å²) in [5.41, 5.74) is 0.136. The van der Waals surface area contributed by atoms with Crippen LogP contribution in [0, 0.1) is 0 Å². The molecule has 0 saturated heterocycles. The van der Waals surface area contributed by atoms with Crippen LogP contribution in [0.25, 0.3) is 0 Å². The minimum absolute atomic E-state index is 0.203. The maximum absolute atomic E-state index is 12.7. The molecular formula is C16H19N3O2. The Kier molecular flexibility index (Phi) is 3.59. The van der Waals surface area contributed by atoms with Gasteiger partial charge in [-0.05, 0) is 37.3 Å². The zero-order chi connectivity index (χ0) is 14.9. The Bertz CT molecular complexity index is 609. The lowest BCUT2D eigenvalue weighted by Crippen LogP contribution is -2.49. The highest BCUT2D eigenvalue weighted by molar-refractivity contribution is 6.12. The van der Waals surface area contributed by atoms with Crippen LogP contribution in [0.5, 0.6) is 0 Å². The summed E-state index contributed by atoms with van der Waals surface area (Å²) in [5.74, 6) is 0.0645. The molecule has 1 atom stereocenters. The minimum atomic E-state index is -1.28. The molecule has 1 aliphatic heterocycles. The molecule has 0 spiro atoms. The van der Waals surface area contributed by atoms with E-state index in [9.17, 15) is 9.90 Å². The normalized spacial score (nSPS) is 24.7. The quantitative estimate of drug-likeness (QED) is 0.922. The van der Waals surface area contributed by atoms with Gasteiger partial charge in [0.15, 0.2) is 5.72 Å². The zero-order valence-corrected chi connectivity index (χ0v) is 12.1. The van der Waals surface area contributed by atoms with E-state index in [1.165, 1.54) is 4.90 Å². The first-order chi connectivity index (χ1) is 10.2. The first-order valence-corrected chi connectivity index (χ1v) is 7.42. The molecule has 0 saturated carbocycles. The van der Waals surface area contributed by atoms with Crippen molar-refractivity contribution in [2.24, 2.45) is 0 Å². The van der Waals surface area contributed by atoms with Crippen LogP contribution in [0.15, 0.2) is 41.8 Å². The van der Waals surface area contributed by atoms with Gasteiger partial charge in [-0.2, -0.15) is 0 Å². The number of unbranched alkanes of at least 4 members (excludes halogenated alkanes) is 1. The fourth-order valence-corrected chi connectivity index (χ4v) is 3.05. The molecule has 2 aliphatic rings. The number of amides is 1. The second-order valence-corrected chi connectivity index (χ2v) is 5.44. The van der Waals surface area contributed by atoms with E-state index >= 15 is 0 Å². The van der Waals surface area contributed by atoms with E-state index in [-0.39, 0.29) is 11.9 Å². The topological polar surface area (TPSA) is 66.3 Å². The van der Waals surface area contributed by atoms with Crippen molar-refractivity contribution >= 4 is 11.9 Å². The van der Waals surface area contributed by atoms with Crippen LogP contribution in [0.3, 0.4) is 0 Å². The van der Waals surface area contributed by atoms with Crippen molar-refractivity contribution in [1.82, 2.24) is 9.97 Å². The first kappa shape index (κ1) is 13.9. The Morgan fingerprint density at radius 3 is 2.86 bits per heavy atom. The molecule has 0 aromatic carbocycles. The minimum Gasteiger partial charge on any atom is -0.366 e. The van der Waals surface area contributed by atoms with Crippen molar-refractivity contribution in [2.75, 3.05) is 4.90 Å². The maximum atomic E-state index is 12.7. The summed E-state index contributed by atoms with van der Waals surface area (Å²) in [5, 5.41) is 11.2. The van der Waals surface area contributed by atoms with E-state index in [1.807, 2.05) is 12.2 Å². The predicted octanol–water partition coefficient (Wildman–Crippen LogP) is 2.35. The molecule has 0 bridgehead atoms. The van der Waals surface area contributed by atoms with Crippen LogP contribution in [-0.4, -0.2) is 26.7 Å². The largest absolute Gasteiger partial charge is 0.366 e. The number of carbonyl (C=O) groups is 1. The Balaban J connectivity index is 2.07. The zero-order valence-electron chi connectivity index (χ0n) is 12.1. The number of allylic oxidation sites excluding steroid dienone is 1. The molecule has 1 N–H and O–H groups in total. The van der Waals surface area contributed by atoms with Gasteiger partial charge in [-0.25, -0.2) is 14.9 Å². The average molecular weight is 285 g/mol. The van der Waals surface area contributed by atoms with Gasteiger partial charge in [0.25, 0.3) is 5.91 Å². The van der Waals surface area contributed by atoms with Crippen molar-refractivity contribution in [3.8, 4) is 0 Å². The van der Waals surface area contributed by atoms with Crippen molar-refractivity contribution in [2.45, 2.75) is 44.8 Å². The molecule has 1 unspecified atom stereocenters. The molecular weight excluding hydrogens is 266 g/mol. The standard InChI is InChI=1S/C16H19N3O2/c1-2-3-9-16(21)13-8-5-4-7-12(13)14(20)19(16)15-17-10-6-11-18-15/h4,6-7,10-11,21H,2-3,5,8-9H2,1H3. The fourth-order valence-electron chi connectivity index (χ4n) is 3.05. The highest BCUT2D eigenvalue weighted by atomic mass is 16.3. The number of nitrogens with zero attached hydrogens (tertiary/aromatic N) is 3. The monoisotopic (exact) mass is 285 g/mol. The molecule has 110 valence electrons. The SMILES string of the molecule is CCCCC1(O)C2=C(C=CCC2)C(=O)N1c1ncccn1. The molecule has 21 heavy (non-hydrogen) atoms. The summed E-state index contributed by atoms with van der Waals surface area (Å²) >= 11 is 0. The average Bonchev–Trinajstić information content (AvgIpc) is 2.75. The van der Waals surface area contributed by atoms with E-state index in [0.29, 0.717) is 18.4 Å². The summed E-state index contributed by atoms with van der Waals surface area (Å²) in [7, 11) is 0. The van der Waals surface area contributed by atoms with Crippen molar-refractivity contribution in [3.63, 3.8) is 0 Å². The van der Waals surface area contributed by atoms with E-state index in [0.717, 1.165) is 24.8 Å². The summed E-state index contributed by atoms with van der Waals surface area (Å²) in [6.07, 6.45) is 10.8. The highest BCUT2D eigenvalue weighted by Crippen LogP contribution is 2.43. The Morgan fingerprint density at radius 2 is 2.14 bits per heavy atom. The van der Waals surface area contributed by atoms with Gasteiger partial charge in [0, 0.05) is 18.0 Å². The number of hydrogen-bond acceptors (Lipinski definition) is 4. The molecule has 1 aromatic rings. The molecule has 5 nitrogen and oxygen atoms in total. The molecule has 2 heterocycles. The van der Waals surface area contributed by atoms with Gasteiger partial charge in [0.2, 0.25) is 5.95 Å². The van der Waals surface area contributed by atoms with Crippen LogP contribution < -0.4 is 4.90 Å². The van der Waals surface area contributed by atoms with Gasteiger partial charge in [-0.1, -0.05) is 25.5 Å². The van der Waals surface area contributed by atoms with E-state index in [4.69, 9.17) is 0 Å². The van der Waals surface area contributed by atoms with Gasteiger partial charge in [-0.15, -0.1) is 0 Å². The number of anilines is 1. The van der Waals surface area contributed by atoms with E-state index < -0.39 is 5.72 Å². The molecule has 1 amide bonds. The third-order valence-electron chi connectivity index (χ3n) is 4.09.